The average Bonchev–Trinajstić information content (AvgIpc) is 2.85. The van der Waals surface area contributed by atoms with Crippen molar-refractivity contribution in [3.05, 3.63) is 15.8 Å². The van der Waals surface area contributed by atoms with Gasteiger partial charge in [-0.15, -0.1) is 11.3 Å². The van der Waals surface area contributed by atoms with Gasteiger partial charge in [-0.1, -0.05) is 6.92 Å². The molecule has 2 N–H and O–H groups in total. The molecule has 1 atom stereocenters. The number of sulfonamides is 1. The minimum absolute atomic E-state index is 0.00195. The fraction of sp³-hybridized carbons (Fsp3) is 0.643. The largest absolute Gasteiger partial charge is 0.340 e. The Morgan fingerprint density at radius 2 is 1.91 bits per heavy atom. The molecule has 22 heavy (non-hydrogen) atoms. The third-order valence-corrected chi connectivity index (χ3v) is 7.06. The van der Waals surface area contributed by atoms with E-state index in [1.165, 1.54) is 15.6 Å². The van der Waals surface area contributed by atoms with Gasteiger partial charge in [0.2, 0.25) is 15.9 Å². The summed E-state index contributed by atoms with van der Waals surface area (Å²) in [6.45, 7) is 7.34. The molecule has 6 nitrogen and oxygen atoms in total. The van der Waals surface area contributed by atoms with Crippen molar-refractivity contribution in [3.63, 3.8) is 0 Å². The van der Waals surface area contributed by atoms with E-state index >= 15 is 0 Å². The molecule has 2 heterocycles. The molecule has 0 aliphatic carbocycles. The number of hydrogen-bond acceptors (Lipinski definition) is 5. The van der Waals surface area contributed by atoms with E-state index in [0.29, 0.717) is 37.6 Å². The molecule has 0 aromatic carbocycles. The minimum Gasteiger partial charge on any atom is -0.340 e. The Hall–Kier alpha value is -0.960. The zero-order valence-electron chi connectivity index (χ0n) is 13.2. The molecular weight excluding hydrogens is 322 g/mol. The van der Waals surface area contributed by atoms with Gasteiger partial charge in [-0.3, -0.25) is 4.79 Å². The number of thiophene rings is 1. The Morgan fingerprint density at radius 3 is 2.36 bits per heavy atom. The van der Waals surface area contributed by atoms with Gasteiger partial charge in [-0.05, 0) is 19.9 Å². The monoisotopic (exact) mass is 345 g/mol. The molecule has 0 bridgehead atoms. The first-order chi connectivity index (χ1) is 10.3. The van der Waals surface area contributed by atoms with Crippen LogP contribution >= 0.6 is 11.3 Å². The van der Waals surface area contributed by atoms with Crippen molar-refractivity contribution in [1.82, 2.24) is 9.21 Å². The number of rotatable bonds is 4. The standard InChI is InChI=1S/C14H23N3O3S2/c1-10(9-15)14(18)16-4-6-17(7-5-16)22(19,20)13-8-11(2)21-12(13)3/h8,10H,4-7,9,15H2,1-3H3. The van der Waals surface area contributed by atoms with E-state index in [-0.39, 0.29) is 11.8 Å². The van der Waals surface area contributed by atoms with E-state index in [2.05, 4.69) is 0 Å². The Kier molecular flexibility index (Phi) is 5.26. The summed E-state index contributed by atoms with van der Waals surface area (Å²) in [5.41, 5.74) is 5.52. The van der Waals surface area contributed by atoms with Gasteiger partial charge >= 0.3 is 0 Å². The Balaban J connectivity index is 2.08. The molecule has 1 aliphatic heterocycles. The molecule has 2 rings (SSSR count). The van der Waals surface area contributed by atoms with E-state index in [4.69, 9.17) is 5.73 Å². The van der Waals surface area contributed by atoms with Crippen molar-refractivity contribution in [3.8, 4) is 0 Å². The Labute approximate surface area is 135 Å². The van der Waals surface area contributed by atoms with Crippen molar-refractivity contribution >= 4 is 27.3 Å². The van der Waals surface area contributed by atoms with Crippen LogP contribution in [-0.4, -0.2) is 56.3 Å². The first-order valence-electron chi connectivity index (χ1n) is 7.33. The maximum atomic E-state index is 12.7. The van der Waals surface area contributed by atoms with Gasteiger partial charge < -0.3 is 10.6 Å². The smallest absolute Gasteiger partial charge is 0.244 e. The number of hydrogen-bond donors (Lipinski definition) is 1. The number of nitrogens with two attached hydrogens (primary N) is 1. The molecular formula is C14H23N3O3S2. The van der Waals surface area contributed by atoms with E-state index in [0.717, 1.165) is 9.75 Å². The lowest BCUT2D eigenvalue weighted by atomic mass is 10.1. The minimum atomic E-state index is -3.47. The quantitative estimate of drug-likeness (QED) is 0.874. The molecule has 1 saturated heterocycles. The summed E-state index contributed by atoms with van der Waals surface area (Å²) in [6.07, 6.45) is 0. The van der Waals surface area contributed by atoms with Crippen LogP contribution in [-0.2, 0) is 14.8 Å². The summed E-state index contributed by atoms with van der Waals surface area (Å²) in [5, 5.41) is 0. The number of piperazine rings is 1. The summed E-state index contributed by atoms with van der Waals surface area (Å²) in [4.78, 5) is 16.0. The maximum absolute atomic E-state index is 12.7. The summed E-state index contributed by atoms with van der Waals surface area (Å²) >= 11 is 1.49. The lowest BCUT2D eigenvalue weighted by molar-refractivity contribution is -0.135. The van der Waals surface area contributed by atoms with Crippen LogP contribution in [0.4, 0.5) is 0 Å². The molecule has 1 aromatic rings. The molecule has 0 spiro atoms. The highest BCUT2D eigenvalue weighted by Gasteiger charge is 2.32. The molecule has 1 aromatic heterocycles. The fourth-order valence-electron chi connectivity index (χ4n) is 2.56. The highest BCUT2D eigenvalue weighted by molar-refractivity contribution is 7.89. The SMILES string of the molecule is Cc1cc(S(=O)(=O)N2CCN(C(=O)C(C)CN)CC2)c(C)s1. The zero-order chi connectivity index (χ0) is 16.5. The molecule has 1 fully saturated rings. The molecule has 1 amide bonds. The maximum Gasteiger partial charge on any atom is 0.244 e. The van der Waals surface area contributed by atoms with Crippen molar-refractivity contribution < 1.29 is 13.2 Å². The van der Waals surface area contributed by atoms with Gasteiger partial charge in [0.05, 0.1) is 4.90 Å². The van der Waals surface area contributed by atoms with Gasteiger partial charge in [0.25, 0.3) is 0 Å². The molecule has 1 aliphatic rings. The number of carbonyl (C=O) groups excluding carboxylic acids is 1. The summed E-state index contributed by atoms with van der Waals surface area (Å²) in [7, 11) is -3.47. The second kappa shape index (κ2) is 6.66. The second-order valence-electron chi connectivity index (χ2n) is 5.64. The summed E-state index contributed by atoms with van der Waals surface area (Å²) in [5.74, 6) is -0.216. The summed E-state index contributed by atoms with van der Waals surface area (Å²) < 4.78 is 26.9. The fourth-order valence-corrected chi connectivity index (χ4v) is 5.51. The normalized spacial score (nSPS) is 18.5. The van der Waals surface area contributed by atoms with Crippen LogP contribution in [0.3, 0.4) is 0 Å². The lowest BCUT2D eigenvalue weighted by Crippen LogP contribution is -2.52. The van der Waals surface area contributed by atoms with Crippen molar-refractivity contribution in [2.45, 2.75) is 25.7 Å². The van der Waals surface area contributed by atoms with Gasteiger partial charge in [0.1, 0.15) is 0 Å². The second-order valence-corrected chi connectivity index (χ2v) is 9.01. The van der Waals surface area contributed by atoms with Crippen molar-refractivity contribution in [2.75, 3.05) is 32.7 Å². The molecule has 0 radical (unpaired) electrons. The first kappa shape index (κ1) is 17.4. The highest BCUT2D eigenvalue weighted by Crippen LogP contribution is 2.28. The van der Waals surface area contributed by atoms with Gasteiger partial charge in [0.15, 0.2) is 0 Å². The highest BCUT2D eigenvalue weighted by atomic mass is 32.2. The van der Waals surface area contributed by atoms with Crippen molar-refractivity contribution in [2.24, 2.45) is 11.7 Å². The van der Waals surface area contributed by atoms with E-state index < -0.39 is 10.0 Å². The molecule has 8 heteroatoms. The summed E-state index contributed by atoms with van der Waals surface area (Å²) in [6, 6.07) is 1.73. The van der Waals surface area contributed by atoms with Crippen LogP contribution in [0, 0.1) is 19.8 Å². The number of carbonyl (C=O) groups is 1. The predicted molar refractivity (Wildman–Crippen MR) is 87.4 cm³/mol. The van der Waals surface area contributed by atoms with Gasteiger partial charge in [-0.2, -0.15) is 4.31 Å². The van der Waals surface area contributed by atoms with Crippen LogP contribution in [0.5, 0.6) is 0 Å². The van der Waals surface area contributed by atoms with E-state index in [1.54, 1.807) is 17.9 Å². The Bertz CT molecular complexity index is 646. The van der Waals surface area contributed by atoms with Crippen LogP contribution in [0.2, 0.25) is 0 Å². The third kappa shape index (κ3) is 3.34. The number of amides is 1. The molecule has 124 valence electrons. The predicted octanol–water partition coefficient (Wildman–Crippen LogP) is 0.793. The zero-order valence-corrected chi connectivity index (χ0v) is 14.8. The third-order valence-electron chi connectivity index (χ3n) is 3.94. The van der Waals surface area contributed by atoms with Gasteiger partial charge in [0, 0.05) is 48.4 Å². The van der Waals surface area contributed by atoms with Gasteiger partial charge in [-0.25, -0.2) is 8.42 Å². The van der Waals surface area contributed by atoms with Crippen LogP contribution in [0.15, 0.2) is 11.0 Å². The average molecular weight is 345 g/mol. The molecule has 1 unspecified atom stereocenters. The van der Waals surface area contributed by atoms with Crippen molar-refractivity contribution in [1.29, 1.82) is 0 Å². The topological polar surface area (TPSA) is 83.7 Å². The van der Waals surface area contributed by atoms with Crippen LogP contribution < -0.4 is 5.73 Å². The number of nitrogens with zero attached hydrogens (tertiary/aromatic N) is 2. The van der Waals surface area contributed by atoms with E-state index in [9.17, 15) is 13.2 Å². The Morgan fingerprint density at radius 1 is 1.32 bits per heavy atom. The molecule has 0 saturated carbocycles. The van der Waals surface area contributed by atoms with Crippen LogP contribution in [0.25, 0.3) is 0 Å². The van der Waals surface area contributed by atoms with E-state index in [1.807, 2.05) is 13.8 Å². The number of aryl methyl sites for hydroxylation is 2. The van der Waals surface area contributed by atoms with Crippen LogP contribution in [0.1, 0.15) is 16.7 Å². The lowest BCUT2D eigenvalue weighted by Gasteiger charge is -2.35. The first-order valence-corrected chi connectivity index (χ1v) is 9.59.